The van der Waals surface area contributed by atoms with Crippen molar-refractivity contribution < 1.29 is 4.79 Å². The first kappa shape index (κ1) is 18.7. The van der Waals surface area contributed by atoms with Crippen molar-refractivity contribution in [2.24, 2.45) is 5.10 Å². The Kier molecular flexibility index (Phi) is 6.50. The van der Waals surface area contributed by atoms with Crippen LogP contribution in [0.25, 0.3) is 0 Å². The molecule has 26 heavy (non-hydrogen) atoms. The van der Waals surface area contributed by atoms with E-state index in [9.17, 15) is 4.79 Å². The Morgan fingerprint density at radius 1 is 1.15 bits per heavy atom. The first-order chi connectivity index (χ1) is 12.6. The van der Waals surface area contributed by atoms with Crippen LogP contribution in [0.15, 0.2) is 70.0 Å². The van der Waals surface area contributed by atoms with Gasteiger partial charge in [0.15, 0.2) is 0 Å². The molecule has 0 unspecified atom stereocenters. The Balaban J connectivity index is 1.53. The van der Waals surface area contributed by atoms with Crippen LogP contribution < -0.4 is 5.43 Å². The predicted molar refractivity (Wildman–Crippen MR) is 112 cm³/mol. The molecule has 3 rings (SSSR count). The highest BCUT2D eigenvalue weighted by molar-refractivity contribution is 7.98. The number of carbonyl (C=O) groups excluding carboxylic acids is 1. The van der Waals surface area contributed by atoms with Crippen LogP contribution in [0, 0.1) is 6.92 Å². The number of amides is 1. The van der Waals surface area contributed by atoms with Crippen LogP contribution >= 0.6 is 34.7 Å². The number of nitrogens with zero attached hydrogens (tertiary/aromatic N) is 1. The lowest BCUT2D eigenvalue weighted by molar-refractivity contribution is 0.0955. The van der Waals surface area contributed by atoms with Crippen molar-refractivity contribution in [1.29, 1.82) is 0 Å². The lowest BCUT2D eigenvalue weighted by atomic mass is 10.1. The third-order valence-corrected chi connectivity index (χ3v) is 5.97. The molecule has 0 spiro atoms. The Morgan fingerprint density at radius 3 is 2.54 bits per heavy atom. The number of hydrogen-bond donors (Lipinski definition) is 1. The molecule has 0 radical (unpaired) electrons. The number of thioether (sulfide) groups is 1. The van der Waals surface area contributed by atoms with E-state index < -0.39 is 0 Å². The van der Waals surface area contributed by atoms with E-state index in [-0.39, 0.29) is 5.91 Å². The summed E-state index contributed by atoms with van der Waals surface area (Å²) in [5.41, 5.74) is 5.46. The highest BCUT2D eigenvalue weighted by Gasteiger charge is 2.05. The van der Waals surface area contributed by atoms with Crippen molar-refractivity contribution in [2.45, 2.75) is 17.6 Å². The molecule has 3 aromatic rings. The number of carbonyl (C=O) groups is 1. The summed E-state index contributed by atoms with van der Waals surface area (Å²) in [6, 6.07) is 17.4. The first-order valence-electron chi connectivity index (χ1n) is 7.96. The summed E-state index contributed by atoms with van der Waals surface area (Å²) in [5.74, 6) is 0.617. The molecule has 0 bridgehead atoms. The number of halogens is 1. The number of hydrogen-bond acceptors (Lipinski definition) is 4. The highest BCUT2D eigenvalue weighted by Crippen LogP contribution is 2.24. The van der Waals surface area contributed by atoms with Crippen molar-refractivity contribution in [3.8, 4) is 0 Å². The van der Waals surface area contributed by atoms with E-state index in [0.717, 1.165) is 31.7 Å². The minimum atomic E-state index is -0.215. The van der Waals surface area contributed by atoms with Crippen molar-refractivity contribution >= 4 is 46.8 Å². The Bertz CT molecular complexity index is 902. The van der Waals surface area contributed by atoms with Gasteiger partial charge in [-0.3, -0.25) is 4.79 Å². The summed E-state index contributed by atoms with van der Waals surface area (Å²) in [5, 5.41) is 6.76. The summed E-state index contributed by atoms with van der Waals surface area (Å²) in [6.45, 7) is 2.01. The summed E-state index contributed by atoms with van der Waals surface area (Å²) >= 11 is 9.21. The van der Waals surface area contributed by atoms with Gasteiger partial charge in [0.05, 0.1) is 6.21 Å². The van der Waals surface area contributed by atoms with Gasteiger partial charge in [0.1, 0.15) is 0 Å². The van der Waals surface area contributed by atoms with Crippen LogP contribution in [-0.4, -0.2) is 12.1 Å². The van der Waals surface area contributed by atoms with E-state index >= 15 is 0 Å². The largest absolute Gasteiger partial charge is 0.271 e. The zero-order chi connectivity index (χ0) is 18.4. The third-order valence-electron chi connectivity index (χ3n) is 3.68. The van der Waals surface area contributed by atoms with Crippen LogP contribution in [-0.2, 0) is 5.75 Å². The lowest BCUT2D eigenvalue weighted by Gasteiger charge is -2.04. The molecule has 0 aliphatic rings. The van der Waals surface area contributed by atoms with E-state index in [4.69, 9.17) is 11.6 Å². The van der Waals surface area contributed by atoms with Gasteiger partial charge in [-0.1, -0.05) is 23.7 Å². The fraction of sp³-hybridized carbons (Fsp3) is 0.100. The van der Waals surface area contributed by atoms with Gasteiger partial charge in [-0.2, -0.15) is 5.10 Å². The molecule has 0 saturated carbocycles. The maximum Gasteiger partial charge on any atom is 0.271 e. The number of aryl methyl sites for hydroxylation is 1. The zero-order valence-corrected chi connectivity index (χ0v) is 16.5. The SMILES string of the molecule is Cc1ccsc1/C=N\NC(=O)c1ccc(CSc2ccc(Cl)cc2)cc1. The van der Waals surface area contributed by atoms with Crippen LogP contribution in [0.3, 0.4) is 0 Å². The molecule has 132 valence electrons. The van der Waals surface area contributed by atoms with Gasteiger partial charge in [-0.05, 0) is 65.9 Å². The molecule has 6 heteroatoms. The van der Waals surface area contributed by atoms with Crippen LogP contribution in [0.4, 0.5) is 0 Å². The minimum Gasteiger partial charge on any atom is -0.267 e. The monoisotopic (exact) mass is 400 g/mol. The number of hydrazone groups is 1. The molecule has 0 aliphatic heterocycles. The average molecular weight is 401 g/mol. The van der Waals surface area contributed by atoms with Crippen LogP contribution in [0.2, 0.25) is 5.02 Å². The third kappa shape index (κ3) is 5.21. The summed E-state index contributed by atoms with van der Waals surface area (Å²) in [7, 11) is 0. The average Bonchev–Trinajstić information content (AvgIpc) is 3.06. The Morgan fingerprint density at radius 2 is 1.88 bits per heavy atom. The van der Waals surface area contributed by atoms with Crippen molar-refractivity contribution in [3.63, 3.8) is 0 Å². The highest BCUT2D eigenvalue weighted by atomic mass is 35.5. The molecule has 0 atom stereocenters. The maximum absolute atomic E-state index is 12.1. The number of thiophene rings is 1. The van der Waals surface area contributed by atoms with Gasteiger partial charge < -0.3 is 0 Å². The first-order valence-corrected chi connectivity index (χ1v) is 10.2. The molecule has 1 amide bonds. The second-order valence-electron chi connectivity index (χ2n) is 5.61. The minimum absolute atomic E-state index is 0.215. The standard InChI is InChI=1S/C20H17ClN2OS2/c1-14-10-11-25-19(14)12-22-23-20(24)16-4-2-15(3-5-16)13-26-18-8-6-17(21)7-9-18/h2-12H,13H2,1H3,(H,23,24)/b22-12-. The van der Waals surface area contributed by atoms with Gasteiger partial charge in [0.25, 0.3) is 5.91 Å². The summed E-state index contributed by atoms with van der Waals surface area (Å²) < 4.78 is 0. The molecule has 0 fully saturated rings. The van der Waals surface area contributed by atoms with Crippen LogP contribution in [0.1, 0.15) is 26.4 Å². The predicted octanol–water partition coefficient (Wildman–Crippen LogP) is 5.77. The normalized spacial score (nSPS) is 11.0. The molecule has 1 N–H and O–H groups in total. The second kappa shape index (κ2) is 9.03. The van der Waals surface area contributed by atoms with Gasteiger partial charge in [-0.15, -0.1) is 23.1 Å². The molecule has 1 aromatic heterocycles. The van der Waals surface area contributed by atoms with E-state index in [1.165, 1.54) is 0 Å². The van der Waals surface area contributed by atoms with Crippen molar-refractivity contribution in [3.05, 3.63) is 86.6 Å². The second-order valence-corrected chi connectivity index (χ2v) is 8.04. The van der Waals surface area contributed by atoms with Crippen molar-refractivity contribution in [2.75, 3.05) is 0 Å². The molecule has 0 aliphatic carbocycles. The Hall–Kier alpha value is -2.08. The molecule has 2 aromatic carbocycles. The maximum atomic E-state index is 12.1. The molecule has 1 heterocycles. The zero-order valence-electron chi connectivity index (χ0n) is 14.1. The van der Waals surface area contributed by atoms with E-state index in [1.807, 2.05) is 66.9 Å². The molecule has 0 saturated heterocycles. The Labute approximate surface area is 166 Å². The van der Waals surface area contributed by atoms with Crippen molar-refractivity contribution in [1.82, 2.24) is 5.43 Å². The fourth-order valence-electron chi connectivity index (χ4n) is 2.18. The lowest BCUT2D eigenvalue weighted by Crippen LogP contribution is -2.17. The summed E-state index contributed by atoms with van der Waals surface area (Å²) in [6.07, 6.45) is 1.68. The van der Waals surface area contributed by atoms with Crippen LogP contribution in [0.5, 0.6) is 0 Å². The molecular weight excluding hydrogens is 384 g/mol. The number of benzene rings is 2. The quantitative estimate of drug-likeness (QED) is 0.324. The van der Waals surface area contributed by atoms with Gasteiger partial charge in [0.2, 0.25) is 0 Å². The van der Waals surface area contributed by atoms with E-state index in [0.29, 0.717) is 5.56 Å². The topological polar surface area (TPSA) is 41.5 Å². The van der Waals surface area contributed by atoms with Gasteiger partial charge in [0, 0.05) is 26.1 Å². The summed E-state index contributed by atoms with van der Waals surface area (Å²) in [4.78, 5) is 14.3. The van der Waals surface area contributed by atoms with E-state index in [1.54, 1.807) is 29.3 Å². The smallest absolute Gasteiger partial charge is 0.267 e. The molecular formula is C20H17ClN2OS2. The fourth-order valence-corrected chi connectivity index (χ4v) is 3.95. The molecule has 3 nitrogen and oxygen atoms in total. The van der Waals surface area contributed by atoms with Gasteiger partial charge in [-0.25, -0.2) is 5.43 Å². The number of nitrogens with one attached hydrogen (secondary N) is 1. The van der Waals surface area contributed by atoms with Gasteiger partial charge >= 0.3 is 0 Å². The van der Waals surface area contributed by atoms with E-state index in [2.05, 4.69) is 10.5 Å². The number of rotatable bonds is 6.